The number of hydrogen-bond acceptors (Lipinski definition) is 3. The van der Waals surface area contributed by atoms with E-state index in [9.17, 15) is 4.79 Å². The number of ether oxygens (including phenoxy) is 1. The maximum Gasteiger partial charge on any atom is 0.254 e. The monoisotopic (exact) mass is 392 g/mol. The number of hydrogen-bond donors (Lipinski definition) is 1. The molecule has 0 bridgehead atoms. The summed E-state index contributed by atoms with van der Waals surface area (Å²) < 4.78 is 5.19. The molecule has 2 heterocycles. The van der Waals surface area contributed by atoms with Crippen LogP contribution in [0.2, 0.25) is 0 Å². The van der Waals surface area contributed by atoms with Gasteiger partial charge in [-0.15, -0.1) is 0 Å². The average molecular weight is 393 g/mol. The number of benzene rings is 2. The van der Waals surface area contributed by atoms with Gasteiger partial charge in [0.2, 0.25) is 0 Å². The summed E-state index contributed by atoms with van der Waals surface area (Å²) in [4.78, 5) is 15.6. The molecule has 0 aliphatic carbocycles. The number of methoxy groups -OCH3 is 1. The van der Waals surface area contributed by atoms with Crippen LogP contribution in [-0.4, -0.2) is 42.6 Å². The van der Waals surface area contributed by atoms with Crippen molar-refractivity contribution in [3.05, 3.63) is 71.3 Å². The highest BCUT2D eigenvalue weighted by molar-refractivity contribution is 5.94. The molecule has 0 unspecified atom stereocenters. The number of likely N-dealkylation sites (tertiary alicyclic amines) is 1. The minimum atomic E-state index is 0.174. The minimum absolute atomic E-state index is 0.174. The topological polar surface area (TPSA) is 41.6 Å². The van der Waals surface area contributed by atoms with Gasteiger partial charge in [0.15, 0.2) is 0 Å². The van der Waals surface area contributed by atoms with Crippen molar-refractivity contribution in [2.45, 2.75) is 63.3 Å². The summed E-state index contributed by atoms with van der Waals surface area (Å²) in [6.07, 6.45) is 6.77. The summed E-state index contributed by atoms with van der Waals surface area (Å²) in [5, 5.41) is 3.86. The van der Waals surface area contributed by atoms with Crippen LogP contribution in [-0.2, 0) is 17.8 Å². The Bertz CT molecular complexity index is 790. The van der Waals surface area contributed by atoms with Crippen LogP contribution in [0.5, 0.6) is 0 Å². The molecule has 0 aromatic heterocycles. The van der Waals surface area contributed by atoms with Crippen LogP contribution in [0.4, 0.5) is 0 Å². The lowest BCUT2D eigenvalue weighted by molar-refractivity contribution is 0.0639. The van der Waals surface area contributed by atoms with E-state index in [0.29, 0.717) is 18.7 Å². The molecule has 2 aromatic carbocycles. The molecule has 2 aliphatic rings. The minimum Gasteiger partial charge on any atom is -0.380 e. The molecule has 2 aromatic rings. The number of nitrogens with one attached hydrogen (secondary N) is 1. The van der Waals surface area contributed by atoms with E-state index in [1.807, 2.05) is 24.3 Å². The van der Waals surface area contributed by atoms with Gasteiger partial charge in [-0.05, 0) is 48.9 Å². The Morgan fingerprint density at radius 2 is 1.83 bits per heavy atom. The second-order valence-electron chi connectivity index (χ2n) is 8.44. The second-order valence-corrected chi connectivity index (χ2v) is 8.44. The molecule has 0 radical (unpaired) electrons. The largest absolute Gasteiger partial charge is 0.380 e. The number of amides is 1. The van der Waals surface area contributed by atoms with Crippen molar-refractivity contribution in [1.82, 2.24) is 10.2 Å². The molecule has 1 N–H and O–H groups in total. The molecule has 2 fully saturated rings. The van der Waals surface area contributed by atoms with Gasteiger partial charge in [-0.3, -0.25) is 4.79 Å². The Labute approximate surface area is 174 Å². The Morgan fingerprint density at radius 1 is 1.03 bits per heavy atom. The van der Waals surface area contributed by atoms with E-state index < -0.39 is 0 Å². The Kier molecular flexibility index (Phi) is 6.63. The Morgan fingerprint density at radius 3 is 2.59 bits per heavy atom. The first-order chi connectivity index (χ1) is 14.2. The van der Waals surface area contributed by atoms with Crippen molar-refractivity contribution < 1.29 is 9.53 Å². The van der Waals surface area contributed by atoms with Crippen LogP contribution in [0, 0.1) is 0 Å². The first-order valence-electron chi connectivity index (χ1n) is 10.9. The van der Waals surface area contributed by atoms with Crippen molar-refractivity contribution in [2.75, 3.05) is 13.7 Å². The fourth-order valence-electron chi connectivity index (χ4n) is 4.92. The summed E-state index contributed by atoms with van der Waals surface area (Å²) in [6, 6.07) is 19.7. The van der Waals surface area contributed by atoms with Gasteiger partial charge in [-0.25, -0.2) is 0 Å². The molecule has 1 amide bonds. The smallest absolute Gasteiger partial charge is 0.254 e. The van der Waals surface area contributed by atoms with Crippen LogP contribution >= 0.6 is 0 Å². The first-order valence-corrected chi connectivity index (χ1v) is 10.9. The molecule has 0 spiro atoms. The molecule has 3 atom stereocenters. The van der Waals surface area contributed by atoms with Crippen LogP contribution in [0.1, 0.15) is 53.6 Å². The van der Waals surface area contributed by atoms with E-state index in [1.54, 1.807) is 7.11 Å². The molecule has 2 saturated heterocycles. The second kappa shape index (κ2) is 9.55. The van der Waals surface area contributed by atoms with Gasteiger partial charge >= 0.3 is 0 Å². The fraction of sp³-hybridized carbons (Fsp3) is 0.480. The van der Waals surface area contributed by atoms with Gasteiger partial charge in [0.25, 0.3) is 5.91 Å². The van der Waals surface area contributed by atoms with Crippen LogP contribution in [0.25, 0.3) is 0 Å². The normalized spacial score (nSPS) is 24.6. The molecule has 4 heteroatoms. The maximum absolute atomic E-state index is 13.4. The predicted molar refractivity (Wildman–Crippen MR) is 116 cm³/mol. The SMILES string of the molecule is COCc1ccc(C(=O)N2CCCCC[C@H]3N[C@H](Cc4ccccc4)C[C@@H]32)cc1. The highest BCUT2D eigenvalue weighted by Crippen LogP contribution is 2.29. The summed E-state index contributed by atoms with van der Waals surface area (Å²) in [6.45, 7) is 1.44. The fourth-order valence-corrected chi connectivity index (χ4v) is 4.92. The summed E-state index contributed by atoms with van der Waals surface area (Å²) in [7, 11) is 1.69. The average Bonchev–Trinajstić information content (AvgIpc) is 3.11. The first kappa shape index (κ1) is 20.1. The quantitative estimate of drug-likeness (QED) is 0.830. The number of carbonyl (C=O) groups is 1. The molecule has 4 rings (SSSR count). The van der Waals surface area contributed by atoms with Crippen LogP contribution in [0.3, 0.4) is 0 Å². The summed E-state index contributed by atoms with van der Waals surface area (Å²) in [5.41, 5.74) is 3.25. The molecule has 29 heavy (non-hydrogen) atoms. The zero-order valence-electron chi connectivity index (χ0n) is 17.3. The molecule has 154 valence electrons. The molecular weight excluding hydrogens is 360 g/mol. The number of carbonyl (C=O) groups excluding carboxylic acids is 1. The van der Waals surface area contributed by atoms with Crippen LogP contribution in [0.15, 0.2) is 54.6 Å². The number of nitrogens with zero attached hydrogens (tertiary/aromatic N) is 1. The van der Waals surface area contributed by atoms with Crippen molar-refractivity contribution in [1.29, 1.82) is 0 Å². The lowest BCUT2D eigenvalue weighted by atomic mass is 9.95. The summed E-state index contributed by atoms with van der Waals surface area (Å²) in [5.74, 6) is 0.174. The highest BCUT2D eigenvalue weighted by atomic mass is 16.5. The van der Waals surface area contributed by atoms with Crippen molar-refractivity contribution >= 4 is 5.91 Å². The van der Waals surface area contributed by atoms with E-state index in [0.717, 1.165) is 43.4 Å². The van der Waals surface area contributed by atoms with Gasteiger partial charge in [-0.1, -0.05) is 55.3 Å². The van der Waals surface area contributed by atoms with Crippen LogP contribution < -0.4 is 5.32 Å². The third-order valence-corrected chi connectivity index (χ3v) is 6.35. The Hall–Kier alpha value is -2.17. The lowest BCUT2D eigenvalue weighted by Gasteiger charge is -2.35. The Balaban J connectivity index is 1.49. The van der Waals surface area contributed by atoms with E-state index >= 15 is 0 Å². The standard InChI is InChI=1S/C25H32N2O2/c1-29-18-20-11-13-21(14-12-20)25(28)27-15-7-3-6-10-23-24(27)17-22(26-23)16-19-8-4-2-5-9-19/h2,4-5,8-9,11-14,22-24,26H,3,6-7,10,15-18H2,1H3/t22-,23-,24+/m1/s1. The van der Waals surface area contributed by atoms with Gasteiger partial charge in [0.05, 0.1) is 6.61 Å². The molecule has 2 aliphatic heterocycles. The van der Waals surface area contributed by atoms with E-state index in [4.69, 9.17) is 4.74 Å². The van der Waals surface area contributed by atoms with E-state index in [1.165, 1.54) is 18.4 Å². The third-order valence-electron chi connectivity index (χ3n) is 6.35. The molecule has 0 saturated carbocycles. The van der Waals surface area contributed by atoms with E-state index in [2.05, 4.69) is 40.5 Å². The van der Waals surface area contributed by atoms with E-state index in [-0.39, 0.29) is 11.9 Å². The predicted octanol–water partition coefficient (Wildman–Crippen LogP) is 4.19. The number of rotatable bonds is 5. The molecule has 4 nitrogen and oxygen atoms in total. The maximum atomic E-state index is 13.4. The number of fused-ring (bicyclic) bond motifs is 1. The zero-order chi connectivity index (χ0) is 20.1. The van der Waals surface area contributed by atoms with Gasteiger partial charge in [0.1, 0.15) is 0 Å². The highest BCUT2D eigenvalue weighted by Gasteiger charge is 2.39. The van der Waals surface area contributed by atoms with Gasteiger partial charge in [-0.2, -0.15) is 0 Å². The van der Waals surface area contributed by atoms with Crippen molar-refractivity contribution in [3.8, 4) is 0 Å². The lowest BCUT2D eigenvalue weighted by Crippen LogP contribution is -2.48. The van der Waals surface area contributed by atoms with Gasteiger partial charge in [0, 0.05) is 37.3 Å². The molecular formula is C25H32N2O2. The van der Waals surface area contributed by atoms with Crippen molar-refractivity contribution in [2.24, 2.45) is 0 Å². The summed E-state index contributed by atoms with van der Waals surface area (Å²) >= 11 is 0. The van der Waals surface area contributed by atoms with Crippen molar-refractivity contribution in [3.63, 3.8) is 0 Å². The third kappa shape index (κ3) is 4.88. The zero-order valence-corrected chi connectivity index (χ0v) is 17.3. The van der Waals surface area contributed by atoms with Gasteiger partial charge < -0.3 is 15.0 Å².